The molecule has 5 nitrogen and oxygen atoms in total. The van der Waals surface area contributed by atoms with Gasteiger partial charge in [-0.15, -0.1) is 16.4 Å². The normalized spacial score (nSPS) is 10.5. The molecule has 0 aliphatic rings. The molecule has 0 bridgehead atoms. The first kappa shape index (κ1) is 12.1. The van der Waals surface area contributed by atoms with Crippen LogP contribution in [-0.2, 0) is 18.3 Å². The van der Waals surface area contributed by atoms with Gasteiger partial charge in [0, 0.05) is 11.9 Å². The molecule has 1 amide bonds. The molecule has 2 aromatic rings. The summed E-state index contributed by atoms with van der Waals surface area (Å²) in [5.74, 6) is 0.382. The second-order valence-electron chi connectivity index (χ2n) is 3.58. The maximum absolute atomic E-state index is 11.7. The predicted molar refractivity (Wildman–Crippen MR) is 67.4 cm³/mol. The van der Waals surface area contributed by atoms with E-state index in [4.69, 9.17) is 11.6 Å². The Morgan fingerprint density at radius 2 is 2.35 bits per heavy atom. The number of rotatable bonds is 3. The molecular weight excluding hydrogens is 260 g/mol. The lowest BCUT2D eigenvalue weighted by Crippen LogP contribution is -2.14. The van der Waals surface area contributed by atoms with E-state index in [0.717, 1.165) is 10.6 Å². The van der Waals surface area contributed by atoms with E-state index in [2.05, 4.69) is 15.6 Å². The van der Waals surface area contributed by atoms with Gasteiger partial charge in [-0.3, -0.25) is 9.48 Å². The fourth-order valence-corrected chi connectivity index (χ4v) is 2.39. The van der Waals surface area contributed by atoms with E-state index >= 15 is 0 Å². The van der Waals surface area contributed by atoms with Crippen LogP contribution in [0.3, 0.4) is 0 Å². The average molecular weight is 271 g/mol. The summed E-state index contributed by atoms with van der Waals surface area (Å²) < 4.78 is 2.29. The Balaban J connectivity index is 2.00. The van der Waals surface area contributed by atoms with E-state index in [1.807, 2.05) is 13.0 Å². The number of hydrogen-bond acceptors (Lipinski definition) is 4. The third-order valence-corrected chi connectivity index (χ3v) is 3.56. The largest absolute Gasteiger partial charge is 0.307 e. The topological polar surface area (TPSA) is 59.8 Å². The van der Waals surface area contributed by atoms with Gasteiger partial charge in [-0.25, -0.2) is 0 Å². The highest BCUT2D eigenvalue weighted by Crippen LogP contribution is 2.22. The van der Waals surface area contributed by atoms with Crippen LogP contribution in [0.15, 0.2) is 12.1 Å². The minimum atomic E-state index is -0.118. The summed E-state index contributed by atoms with van der Waals surface area (Å²) in [6, 6.07) is 3.62. The minimum Gasteiger partial charge on any atom is -0.307 e. The first-order valence-corrected chi connectivity index (χ1v) is 6.16. The van der Waals surface area contributed by atoms with Crippen molar-refractivity contribution in [2.24, 2.45) is 7.05 Å². The summed E-state index contributed by atoms with van der Waals surface area (Å²) in [7, 11) is 1.77. The summed E-state index contributed by atoms with van der Waals surface area (Å²) in [6.45, 7) is 1.84. The Bertz CT molecular complexity index is 548. The number of amides is 1. The smallest absolute Gasteiger partial charge is 0.230 e. The van der Waals surface area contributed by atoms with Gasteiger partial charge in [-0.2, -0.15) is 0 Å². The SMILES string of the molecule is Cc1c(NC(=O)Cc2ccc(Cl)s2)nnn1C. The lowest BCUT2D eigenvalue weighted by molar-refractivity contribution is -0.115. The van der Waals surface area contributed by atoms with Crippen LogP contribution in [0.4, 0.5) is 5.82 Å². The van der Waals surface area contributed by atoms with Crippen molar-refractivity contribution in [3.05, 3.63) is 27.0 Å². The van der Waals surface area contributed by atoms with Crippen molar-refractivity contribution < 1.29 is 4.79 Å². The van der Waals surface area contributed by atoms with Crippen molar-refractivity contribution >= 4 is 34.7 Å². The first-order valence-electron chi connectivity index (χ1n) is 4.96. The van der Waals surface area contributed by atoms with Crippen molar-refractivity contribution in [1.29, 1.82) is 0 Å². The molecule has 0 saturated carbocycles. The highest BCUT2D eigenvalue weighted by molar-refractivity contribution is 7.16. The lowest BCUT2D eigenvalue weighted by atomic mass is 10.3. The molecule has 0 spiro atoms. The van der Waals surface area contributed by atoms with E-state index in [-0.39, 0.29) is 5.91 Å². The lowest BCUT2D eigenvalue weighted by Gasteiger charge is -2.01. The van der Waals surface area contributed by atoms with Gasteiger partial charge in [0.25, 0.3) is 0 Å². The molecule has 2 rings (SSSR count). The van der Waals surface area contributed by atoms with Crippen LogP contribution in [0.2, 0.25) is 4.34 Å². The fraction of sp³-hybridized carbons (Fsp3) is 0.300. The molecule has 2 heterocycles. The molecule has 0 saturated heterocycles. The summed E-state index contributed by atoms with van der Waals surface area (Å²) in [6.07, 6.45) is 0.299. The number of hydrogen-bond donors (Lipinski definition) is 1. The van der Waals surface area contributed by atoms with E-state index in [0.29, 0.717) is 16.6 Å². The zero-order valence-corrected chi connectivity index (χ0v) is 11.0. The zero-order chi connectivity index (χ0) is 12.4. The Labute approximate surface area is 107 Å². The monoisotopic (exact) mass is 270 g/mol. The van der Waals surface area contributed by atoms with E-state index < -0.39 is 0 Å². The molecule has 90 valence electrons. The highest BCUT2D eigenvalue weighted by Gasteiger charge is 2.11. The van der Waals surface area contributed by atoms with Crippen molar-refractivity contribution in [3.63, 3.8) is 0 Å². The zero-order valence-electron chi connectivity index (χ0n) is 9.40. The molecule has 0 unspecified atom stereocenters. The number of carbonyl (C=O) groups is 1. The van der Waals surface area contributed by atoms with E-state index in [1.54, 1.807) is 17.8 Å². The van der Waals surface area contributed by atoms with E-state index in [9.17, 15) is 4.79 Å². The fourth-order valence-electron chi connectivity index (χ4n) is 1.30. The van der Waals surface area contributed by atoms with Crippen LogP contribution in [-0.4, -0.2) is 20.9 Å². The number of nitrogens with zero attached hydrogens (tertiary/aromatic N) is 3. The van der Waals surface area contributed by atoms with Crippen molar-refractivity contribution in [1.82, 2.24) is 15.0 Å². The maximum atomic E-state index is 11.7. The molecule has 0 aliphatic carbocycles. The third-order valence-electron chi connectivity index (χ3n) is 2.33. The van der Waals surface area contributed by atoms with Gasteiger partial charge in [-0.05, 0) is 19.1 Å². The third kappa shape index (κ3) is 2.83. The van der Waals surface area contributed by atoms with Gasteiger partial charge in [0.05, 0.1) is 16.5 Å². The quantitative estimate of drug-likeness (QED) is 0.928. The van der Waals surface area contributed by atoms with Crippen molar-refractivity contribution in [2.45, 2.75) is 13.3 Å². The second kappa shape index (κ2) is 4.85. The van der Waals surface area contributed by atoms with Crippen LogP contribution >= 0.6 is 22.9 Å². The average Bonchev–Trinajstić information content (AvgIpc) is 2.79. The van der Waals surface area contributed by atoms with Gasteiger partial charge in [-0.1, -0.05) is 16.8 Å². The van der Waals surface area contributed by atoms with Crippen LogP contribution in [0.5, 0.6) is 0 Å². The number of thiophene rings is 1. The van der Waals surface area contributed by atoms with Gasteiger partial charge in [0.1, 0.15) is 0 Å². The predicted octanol–water partition coefficient (Wildman–Crippen LogP) is 2.02. The Morgan fingerprint density at radius 1 is 1.59 bits per heavy atom. The first-order chi connectivity index (χ1) is 8.06. The maximum Gasteiger partial charge on any atom is 0.230 e. The number of aromatic nitrogens is 3. The summed E-state index contributed by atoms with van der Waals surface area (Å²) in [5, 5.41) is 10.4. The highest BCUT2D eigenvalue weighted by atomic mass is 35.5. The summed E-state index contributed by atoms with van der Waals surface area (Å²) >= 11 is 7.19. The molecule has 0 radical (unpaired) electrons. The van der Waals surface area contributed by atoms with Crippen molar-refractivity contribution in [3.8, 4) is 0 Å². The molecule has 1 N–H and O–H groups in total. The molecule has 0 atom stereocenters. The Kier molecular flexibility index (Phi) is 3.44. The van der Waals surface area contributed by atoms with Crippen LogP contribution in [0.1, 0.15) is 10.6 Å². The number of nitrogens with one attached hydrogen (secondary N) is 1. The molecule has 0 aliphatic heterocycles. The molecule has 2 aromatic heterocycles. The summed E-state index contributed by atoms with van der Waals surface area (Å²) in [5.41, 5.74) is 0.822. The van der Waals surface area contributed by atoms with Crippen LogP contribution in [0.25, 0.3) is 0 Å². The Hall–Kier alpha value is -1.40. The van der Waals surface area contributed by atoms with Gasteiger partial charge in [0.15, 0.2) is 5.82 Å². The molecule has 17 heavy (non-hydrogen) atoms. The number of anilines is 1. The molecule has 0 aromatic carbocycles. The summed E-state index contributed by atoms with van der Waals surface area (Å²) in [4.78, 5) is 12.7. The van der Waals surface area contributed by atoms with Gasteiger partial charge < -0.3 is 5.32 Å². The second-order valence-corrected chi connectivity index (χ2v) is 5.38. The van der Waals surface area contributed by atoms with Crippen LogP contribution < -0.4 is 5.32 Å². The van der Waals surface area contributed by atoms with Gasteiger partial charge >= 0.3 is 0 Å². The minimum absolute atomic E-state index is 0.118. The molecule has 0 fully saturated rings. The number of carbonyl (C=O) groups excluding carboxylic acids is 1. The number of aryl methyl sites for hydroxylation is 1. The van der Waals surface area contributed by atoms with Crippen LogP contribution in [0, 0.1) is 6.92 Å². The standard InChI is InChI=1S/C10H11ClN4OS/c1-6-10(13-14-15(6)2)12-9(16)5-7-3-4-8(11)17-7/h3-4H,5H2,1-2H3,(H,12,16). The van der Waals surface area contributed by atoms with Gasteiger partial charge in [0.2, 0.25) is 5.91 Å². The van der Waals surface area contributed by atoms with E-state index in [1.165, 1.54) is 11.3 Å². The molecule has 7 heteroatoms. The van der Waals surface area contributed by atoms with Crippen molar-refractivity contribution in [2.75, 3.05) is 5.32 Å². The molecular formula is C10H11ClN4OS. The number of halogens is 1. The Morgan fingerprint density at radius 3 is 2.88 bits per heavy atom.